The van der Waals surface area contributed by atoms with Crippen molar-refractivity contribution < 1.29 is 13.5 Å². The number of anilines is 1. The second-order valence-electron chi connectivity index (χ2n) is 10.9. The van der Waals surface area contributed by atoms with Gasteiger partial charge in [-0.25, -0.2) is 23.1 Å². The third-order valence-electron chi connectivity index (χ3n) is 7.75. The summed E-state index contributed by atoms with van der Waals surface area (Å²) in [7, 11) is 0. The van der Waals surface area contributed by atoms with Crippen molar-refractivity contribution in [2.75, 3.05) is 31.1 Å². The Morgan fingerprint density at radius 2 is 1.95 bits per heavy atom. The van der Waals surface area contributed by atoms with Gasteiger partial charge in [0.15, 0.2) is 17.2 Å². The maximum atomic E-state index is 15.4. The van der Waals surface area contributed by atoms with Crippen molar-refractivity contribution in [3.63, 3.8) is 0 Å². The van der Waals surface area contributed by atoms with E-state index in [0.717, 1.165) is 36.5 Å². The third-order valence-corrected chi connectivity index (χ3v) is 7.75. The molecule has 1 N–H and O–H groups in total. The smallest absolute Gasteiger partial charge is 0.355 e. The van der Waals surface area contributed by atoms with Crippen LogP contribution in [0.3, 0.4) is 0 Å². The number of benzene rings is 1. The first kappa shape index (κ1) is 26.3. The van der Waals surface area contributed by atoms with E-state index in [1.54, 1.807) is 13.1 Å². The Hall–Kier alpha value is -3.92. The summed E-state index contributed by atoms with van der Waals surface area (Å²) >= 11 is 0. The van der Waals surface area contributed by atoms with Gasteiger partial charge < -0.3 is 15.0 Å². The lowest BCUT2D eigenvalue weighted by molar-refractivity contribution is 0.295. The van der Waals surface area contributed by atoms with Gasteiger partial charge in [-0.3, -0.25) is 4.98 Å². The van der Waals surface area contributed by atoms with E-state index >= 15 is 8.78 Å². The van der Waals surface area contributed by atoms with Crippen LogP contribution >= 0.6 is 0 Å². The molecule has 2 aliphatic heterocycles. The maximum Gasteiger partial charge on any atom is 0.355 e. The van der Waals surface area contributed by atoms with Gasteiger partial charge in [0.25, 0.3) is 0 Å². The number of hydrogen-bond acceptors (Lipinski definition) is 7. The summed E-state index contributed by atoms with van der Waals surface area (Å²) in [5, 5.41) is 4.04. The lowest BCUT2D eigenvalue weighted by Gasteiger charge is -2.35. The quantitative estimate of drug-likeness (QED) is 0.391. The molecule has 1 fully saturated rings. The number of hydrogen-bond donors (Lipinski definition) is 1. The SMILES string of the molecule is Cc1cc2c(N3CCNCC3C)nc(=O)n3c2nc1-c1c(F)ccc(F)c1OCCCc1ccnc(C(C)C)c1-3. The van der Waals surface area contributed by atoms with Crippen LogP contribution in [0.25, 0.3) is 28.0 Å². The van der Waals surface area contributed by atoms with E-state index in [1.165, 1.54) is 4.57 Å². The lowest BCUT2D eigenvalue weighted by atomic mass is 10.00. The summed E-state index contributed by atoms with van der Waals surface area (Å²) in [6.07, 6.45) is 2.80. The molecule has 1 saturated heterocycles. The van der Waals surface area contributed by atoms with Crippen LogP contribution in [0.5, 0.6) is 5.75 Å². The molecule has 0 aliphatic carbocycles. The summed E-state index contributed by atoms with van der Waals surface area (Å²) in [6.45, 7) is 10.3. The highest BCUT2D eigenvalue weighted by molar-refractivity contribution is 5.92. The molecule has 2 aliphatic rings. The molecule has 8 nitrogen and oxygen atoms in total. The average Bonchev–Trinajstić information content (AvgIpc) is 2.92. The topological polar surface area (TPSA) is 85.2 Å². The number of fused-ring (bicyclic) bond motifs is 5. The zero-order valence-corrected chi connectivity index (χ0v) is 23.1. The molecule has 0 saturated carbocycles. The molecule has 4 aromatic rings. The van der Waals surface area contributed by atoms with Gasteiger partial charge in [-0.05, 0) is 68.0 Å². The van der Waals surface area contributed by atoms with Crippen molar-refractivity contribution >= 4 is 16.9 Å². The fraction of sp³-hybridized carbons (Fsp3) is 0.400. The Morgan fingerprint density at radius 3 is 2.73 bits per heavy atom. The molecule has 0 spiro atoms. The molecule has 3 aromatic heterocycles. The average molecular weight is 547 g/mol. The number of rotatable bonds is 2. The van der Waals surface area contributed by atoms with E-state index in [2.05, 4.69) is 27.1 Å². The Kier molecular flexibility index (Phi) is 6.74. The second-order valence-corrected chi connectivity index (χ2v) is 10.9. The molecule has 2 bridgehead atoms. The summed E-state index contributed by atoms with van der Waals surface area (Å²) in [6, 6.07) is 6.00. The molecule has 1 aromatic carbocycles. The molecular weight excluding hydrogens is 514 g/mol. The number of piperazine rings is 1. The third kappa shape index (κ3) is 4.30. The minimum Gasteiger partial charge on any atom is -0.490 e. The predicted molar refractivity (Wildman–Crippen MR) is 151 cm³/mol. The van der Waals surface area contributed by atoms with Gasteiger partial charge in [0.2, 0.25) is 0 Å². The van der Waals surface area contributed by atoms with Gasteiger partial charge in [0.05, 0.1) is 34.6 Å². The molecule has 0 radical (unpaired) electrons. The normalized spacial score (nSPS) is 17.3. The molecule has 10 heteroatoms. The van der Waals surface area contributed by atoms with Crippen molar-refractivity contribution in [3.05, 3.63) is 69.4 Å². The number of nitrogens with one attached hydrogen (secondary N) is 1. The minimum absolute atomic E-state index is 0.00566. The number of aromatic nitrogens is 4. The first-order chi connectivity index (χ1) is 19.3. The fourth-order valence-corrected chi connectivity index (χ4v) is 5.79. The van der Waals surface area contributed by atoms with Crippen LogP contribution in [0.4, 0.5) is 14.6 Å². The molecule has 1 unspecified atom stereocenters. The first-order valence-corrected chi connectivity index (χ1v) is 13.8. The summed E-state index contributed by atoms with van der Waals surface area (Å²) in [5.41, 5.74) is 2.89. The zero-order valence-electron chi connectivity index (χ0n) is 23.1. The highest BCUT2D eigenvalue weighted by atomic mass is 19.1. The molecule has 40 heavy (non-hydrogen) atoms. The number of aryl methyl sites for hydroxylation is 2. The summed E-state index contributed by atoms with van der Waals surface area (Å²) in [5.74, 6) is -0.943. The van der Waals surface area contributed by atoms with E-state index in [-0.39, 0.29) is 35.6 Å². The minimum atomic E-state index is -0.663. The molecular formula is C30H32F2N6O2. The van der Waals surface area contributed by atoms with Crippen LogP contribution in [-0.4, -0.2) is 51.8 Å². The van der Waals surface area contributed by atoms with Gasteiger partial charge in [0.1, 0.15) is 11.6 Å². The Labute approximate surface area is 231 Å². The number of ether oxygens (including phenoxy) is 1. The van der Waals surface area contributed by atoms with Gasteiger partial charge in [-0.1, -0.05) is 13.8 Å². The largest absolute Gasteiger partial charge is 0.490 e. The second kappa shape index (κ2) is 10.2. The van der Waals surface area contributed by atoms with E-state index in [0.29, 0.717) is 47.5 Å². The van der Waals surface area contributed by atoms with Crippen LogP contribution in [0.1, 0.15) is 49.9 Å². The van der Waals surface area contributed by atoms with Crippen LogP contribution in [0.15, 0.2) is 35.3 Å². The lowest BCUT2D eigenvalue weighted by Crippen LogP contribution is -2.50. The maximum absolute atomic E-state index is 15.4. The Balaban J connectivity index is 1.78. The van der Waals surface area contributed by atoms with Crippen molar-refractivity contribution in [1.29, 1.82) is 0 Å². The number of nitrogens with zero attached hydrogens (tertiary/aromatic N) is 5. The predicted octanol–water partition coefficient (Wildman–Crippen LogP) is 4.68. The number of halogens is 2. The molecule has 5 heterocycles. The van der Waals surface area contributed by atoms with Gasteiger partial charge in [-0.2, -0.15) is 4.98 Å². The van der Waals surface area contributed by atoms with Gasteiger partial charge in [0, 0.05) is 31.9 Å². The van der Waals surface area contributed by atoms with Crippen molar-refractivity contribution in [3.8, 4) is 22.7 Å². The van der Waals surface area contributed by atoms with Gasteiger partial charge >= 0.3 is 5.69 Å². The van der Waals surface area contributed by atoms with Crippen LogP contribution in [0, 0.1) is 18.6 Å². The fourth-order valence-electron chi connectivity index (χ4n) is 5.79. The zero-order chi connectivity index (χ0) is 28.1. The standard InChI is InChI=1S/C30H32F2N6O2/c1-16(2)24-26-19(9-10-34-24)6-5-13-40-27-22(32)8-7-21(31)23(27)25-17(3)14-20-28(37-12-11-33-15-18(37)4)36-30(39)38(26)29(20)35-25/h7-10,14,16,18,33H,5-6,11-13,15H2,1-4H3. The molecule has 1 atom stereocenters. The van der Waals surface area contributed by atoms with Crippen LogP contribution in [0.2, 0.25) is 0 Å². The van der Waals surface area contributed by atoms with Crippen LogP contribution < -0.4 is 20.6 Å². The van der Waals surface area contributed by atoms with Crippen molar-refractivity contribution in [2.45, 2.75) is 52.5 Å². The molecule has 0 amide bonds. The van der Waals surface area contributed by atoms with E-state index in [9.17, 15) is 4.79 Å². The Bertz CT molecular complexity index is 1690. The van der Waals surface area contributed by atoms with E-state index < -0.39 is 17.3 Å². The molecule has 6 rings (SSSR count). The first-order valence-electron chi connectivity index (χ1n) is 13.8. The van der Waals surface area contributed by atoms with Crippen molar-refractivity contribution in [2.24, 2.45) is 0 Å². The summed E-state index contributed by atoms with van der Waals surface area (Å²) in [4.78, 5) is 30.4. The molecule has 208 valence electrons. The number of pyridine rings is 2. The summed E-state index contributed by atoms with van der Waals surface area (Å²) < 4.78 is 37.9. The van der Waals surface area contributed by atoms with Gasteiger partial charge in [-0.15, -0.1) is 0 Å². The Morgan fingerprint density at radius 1 is 1.15 bits per heavy atom. The van der Waals surface area contributed by atoms with E-state index in [4.69, 9.17) is 9.72 Å². The monoisotopic (exact) mass is 546 g/mol. The van der Waals surface area contributed by atoms with Crippen LogP contribution in [-0.2, 0) is 6.42 Å². The highest BCUT2D eigenvalue weighted by Crippen LogP contribution is 2.39. The van der Waals surface area contributed by atoms with Crippen molar-refractivity contribution in [1.82, 2.24) is 24.8 Å². The van der Waals surface area contributed by atoms with E-state index in [1.807, 2.05) is 26.0 Å². The highest BCUT2D eigenvalue weighted by Gasteiger charge is 2.29.